The summed E-state index contributed by atoms with van der Waals surface area (Å²) in [5.74, 6) is 4.33. The molecule has 0 aromatic heterocycles. The molecule has 0 amide bonds. The summed E-state index contributed by atoms with van der Waals surface area (Å²) in [7, 11) is 0. The Morgan fingerprint density at radius 3 is 1.07 bits per heavy atom. The van der Waals surface area contributed by atoms with Crippen molar-refractivity contribution in [2.75, 3.05) is 0 Å². The molecular formula is C14H30. The molecule has 0 fully saturated rings. The van der Waals surface area contributed by atoms with Crippen LogP contribution in [-0.2, 0) is 0 Å². The molecule has 0 saturated carbocycles. The summed E-state index contributed by atoms with van der Waals surface area (Å²) >= 11 is 0. The molecule has 86 valence electrons. The highest BCUT2D eigenvalue weighted by Gasteiger charge is 2.25. The topological polar surface area (TPSA) is 0 Å². The summed E-state index contributed by atoms with van der Waals surface area (Å²) in [4.78, 5) is 0. The van der Waals surface area contributed by atoms with E-state index in [2.05, 4.69) is 48.5 Å². The fourth-order valence-corrected chi connectivity index (χ4v) is 2.26. The lowest BCUT2D eigenvalue weighted by Crippen LogP contribution is -2.25. The van der Waals surface area contributed by atoms with Crippen molar-refractivity contribution in [2.45, 2.75) is 61.3 Å². The zero-order valence-corrected chi connectivity index (χ0v) is 11.3. The summed E-state index contributed by atoms with van der Waals surface area (Å²) in [6, 6.07) is 0. The molecule has 0 N–H and O–H groups in total. The van der Waals surface area contributed by atoms with Crippen LogP contribution in [0.4, 0.5) is 0 Å². The van der Waals surface area contributed by atoms with Crippen LogP contribution in [-0.4, -0.2) is 0 Å². The fourth-order valence-electron chi connectivity index (χ4n) is 2.26. The van der Waals surface area contributed by atoms with Gasteiger partial charge in [0.15, 0.2) is 0 Å². The molecule has 0 heterocycles. The minimum absolute atomic E-state index is 0.861. The standard InChI is InChI=1S/C14H30/c1-8-10(3)12(5)14(7)13(6)11(4)9-2/h10-14H,8-9H2,1-7H3/t10-,11+,12-,13+,14?. The van der Waals surface area contributed by atoms with Gasteiger partial charge in [-0.3, -0.25) is 0 Å². The second-order valence-electron chi connectivity index (χ2n) is 5.35. The van der Waals surface area contributed by atoms with E-state index >= 15 is 0 Å². The second-order valence-corrected chi connectivity index (χ2v) is 5.35. The molecule has 0 nitrogen and oxygen atoms in total. The molecule has 0 aromatic carbocycles. The predicted molar refractivity (Wildman–Crippen MR) is 66.4 cm³/mol. The van der Waals surface area contributed by atoms with Crippen LogP contribution in [0, 0.1) is 29.6 Å². The minimum atomic E-state index is 0.861. The molecule has 0 heteroatoms. The molecule has 0 aromatic rings. The molecule has 0 saturated heterocycles. The van der Waals surface area contributed by atoms with Crippen LogP contribution in [0.25, 0.3) is 0 Å². The first-order valence-corrected chi connectivity index (χ1v) is 6.45. The van der Waals surface area contributed by atoms with Gasteiger partial charge in [-0.25, -0.2) is 0 Å². The predicted octanol–water partition coefficient (Wildman–Crippen LogP) is 4.99. The van der Waals surface area contributed by atoms with Crippen LogP contribution in [0.15, 0.2) is 0 Å². The zero-order chi connectivity index (χ0) is 11.3. The van der Waals surface area contributed by atoms with Gasteiger partial charge in [0.25, 0.3) is 0 Å². The molecule has 0 aliphatic rings. The van der Waals surface area contributed by atoms with Crippen molar-refractivity contribution in [3.63, 3.8) is 0 Å². The molecular weight excluding hydrogens is 168 g/mol. The highest BCUT2D eigenvalue weighted by Crippen LogP contribution is 2.33. The van der Waals surface area contributed by atoms with Crippen molar-refractivity contribution < 1.29 is 0 Å². The van der Waals surface area contributed by atoms with E-state index < -0.39 is 0 Å². The monoisotopic (exact) mass is 198 g/mol. The average molecular weight is 198 g/mol. The van der Waals surface area contributed by atoms with Gasteiger partial charge in [0.2, 0.25) is 0 Å². The van der Waals surface area contributed by atoms with E-state index in [1.54, 1.807) is 0 Å². The van der Waals surface area contributed by atoms with E-state index in [4.69, 9.17) is 0 Å². The molecule has 0 radical (unpaired) electrons. The van der Waals surface area contributed by atoms with Gasteiger partial charge in [-0.15, -0.1) is 0 Å². The molecule has 0 rings (SSSR count). The van der Waals surface area contributed by atoms with E-state index in [-0.39, 0.29) is 0 Å². The van der Waals surface area contributed by atoms with E-state index in [1.165, 1.54) is 12.8 Å². The lowest BCUT2D eigenvalue weighted by Gasteiger charge is -2.33. The fraction of sp³-hybridized carbons (Fsp3) is 1.00. The molecule has 1 unspecified atom stereocenters. The third-order valence-electron chi connectivity index (χ3n) is 4.74. The Bertz CT molecular complexity index is 123. The van der Waals surface area contributed by atoms with Gasteiger partial charge in [-0.1, -0.05) is 61.3 Å². The summed E-state index contributed by atoms with van der Waals surface area (Å²) in [5, 5.41) is 0. The highest BCUT2D eigenvalue weighted by molar-refractivity contribution is 4.74. The molecule has 0 bridgehead atoms. The van der Waals surface area contributed by atoms with Crippen molar-refractivity contribution in [3.05, 3.63) is 0 Å². The maximum Gasteiger partial charge on any atom is -0.0386 e. The average Bonchev–Trinajstić information content (AvgIpc) is 2.23. The summed E-state index contributed by atoms with van der Waals surface area (Å²) in [6.45, 7) is 16.7. The number of hydrogen-bond donors (Lipinski definition) is 0. The Morgan fingerprint density at radius 2 is 0.857 bits per heavy atom. The van der Waals surface area contributed by atoms with Gasteiger partial charge in [0.05, 0.1) is 0 Å². The van der Waals surface area contributed by atoms with Crippen molar-refractivity contribution in [1.29, 1.82) is 0 Å². The second kappa shape index (κ2) is 6.48. The van der Waals surface area contributed by atoms with Crippen molar-refractivity contribution >= 4 is 0 Å². The number of rotatable bonds is 6. The zero-order valence-electron chi connectivity index (χ0n) is 11.3. The Kier molecular flexibility index (Phi) is 6.48. The molecule has 14 heavy (non-hydrogen) atoms. The Morgan fingerprint density at radius 1 is 0.571 bits per heavy atom. The van der Waals surface area contributed by atoms with Gasteiger partial charge in [-0.2, -0.15) is 0 Å². The summed E-state index contributed by atoms with van der Waals surface area (Å²) in [5.41, 5.74) is 0. The van der Waals surface area contributed by atoms with E-state index in [0.29, 0.717) is 0 Å². The van der Waals surface area contributed by atoms with Crippen LogP contribution < -0.4 is 0 Å². The maximum atomic E-state index is 2.44. The molecule has 0 aliphatic heterocycles. The van der Waals surface area contributed by atoms with Crippen LogP contribution in [0.1, 0.15) is 61.3 Å². The largest absolute Gasteiger partial charge is 0.0651 e. The smallest absolute Gasteiger partial charge is 0.0386 e. The van der Waals surface area contributed by atoms with Gasteiger partial charge in [0.1, 0.15) is 0 Å². The molecule has 5 atom stereocenters. The number of hydrogen-bond acceptors (Lipinski definition) is 0. The van der Waals surface area contributed by atoms with Crippen LogP contribution in [0.3, 0.4) is 0 Å². The van der Waals surface area contributed by atoms with Crippen LogP contribution in [0.5, 0.6) is 0 Å². The summed E-state index contributed by atoms with van der Waals surface area (Å²) in [6.07, 6.45) is 2.64. The minimum Gasteiger partial charge on any atom is -0.0651 e. The van der Waals surface area contributed by atoms with E-state index in [9.17, 15) is 0 Å². The third-order valence-corrected chi connectivity index (χ3v) is 4.74. The lowest BCUT2D eigenvalue weighted by molar-refractivity contribution is 0.164. The van der Waals surface area contributed by atoms with Crippen molar-refractivity contribution in [3.8, 4) is 0 Å². The van der Waals surface area contributed by atoms with Crippen molar-refractivity contribution in [1.82, 2.24) is 0 Å². The molecule has 0 spiro atoms. The Hall–Kier alpha value is 0. The van der Waals surface area contributed by atoms with Gasteiger partial charge >= 0.3 is 0 Å². The SMILES string of the molecule is CC[C@@H](C)[C@@H](C)C(C)[C@@H](C)[C@@H](C)CC. The van der Waals surface area contributed by atoms with Gasteiger partial charge in [-0.05, 0) is 29.6 Å². The maximum absolute atomic E-state index is 2.44. The van der Waals surface area contributed by atoms with Crippen molar-refractivity contribution in [2.24, 2.45) is 29.6 Å². The first kappa shape index (κ1) is 14.0. The summed E-state index contributed by atoms with van der Waals surface area (Å²) < 4.78 is 0. The third kappa shape index (κ3) is 3.63. The lowest BCUT2D eigenvalue weighted by atomic mass is 9.73. The first-order valence-electron chi connectivity index (χ1n) is 6.45. The van der Waals surface area contributed by atoms with Gasteiger partial charge < -0.3 is 0 Å². The Labute approximate surface area is 91.5 Å². The Balaban J connectivity index is 4.22. The normalized spacial score (nSPS) is 22.5. The van der Waals surface area contributed by atoms with Crippen LogP contribution >= 0.6 is 0 Å². The van der Waals surface area contributed by atoms with E-state index in [0.717, 1.165) is 29.6 Å². The molecule has 0 aliphatic carbocycles. The van der Waals surface area contributed by atoms with E-state index in [1.807, 2.05) is 0 Å². The highest BCUT2D eigenvalue weighted by atomic mass is 14.3. The van der Waals surface area contributed by atoms with Gasteiger partial charge in [0, 0.05) is 0 Å². The first-order chi connectivity index (χ1) is 6.45. The quantitative estimate of drug-likeness (QED) is 0.564. The van der Waals surface area contributed by atoms with Crippen LogP contribution in [0.2, 0.25) is 0 Å².